The van der Waals surface area contributed by atoms with Gasteiger partial charge in [-0.15, -0.1) is 0 Å². The van der Waals surface area contributed by atoms with Crippen LogP contribution in [0.3, 0.4) is 0 Å². The van der Waals surface area contributed by atoms with Gasteiger partial charge in [-0.05, 0) is 44.0 Å². The van der Waals surface area contributed by atoms with E-state index in [9.17, 15) is 0 Å². The van der Waals surface area contributed by atoms with Crippen LogP contribution in [0.1, 0.15) is 32.3 Å². The molecule has 2 N–H and O–H groups in total. The Labute approximate surface area is 86.1 Å². The Morgan fingerprint density at radius 2 is 2.14 bits per heavy atom. The van der Waals surface area contributed by atoms with Crippen LogP contribution >= 0.6 is 0 Å². The number of rotatable bonds is 4. The summed E-state index contributed by atoms with van der Waals surface area (Å²) in [6.07, 6.45) is 2.52. The highest BCUT2D eigenvalue weighted by Gasteiger charge is 2.05. The summed E-state index contributed by atoms with van der Waals surface area (Å²) in [5.41, 5.74) is 7.56. The van der Waals surface area contributed by atoms with Crippen molar-refractivity contribution in [3.63, 3.8) is 0 Å². The van der Waals surface area contributed by atoms with E-state index < -0.39 is 0 Å². The number of nitrogens with two attached hydrogens (primary N) is 1. The largest absolute Gasteiger partial charge is 0.490 e. The number of ether oxygens (including phenoxy) is 1. The highest BCUT2D eigenvalue weighted by molar-refractivity contribution is 5.47. The number of nitrogen functional groups attached to an aromatic ring is 1. The first-order chi connectivity index (χ1) is 6.63. The fraction of sp³-hybridized carbons (Fsp3) is 0.500. The molecule has 0 saturated carbocycles. The average Bonchev–Trinajstić information content (AvgIpc) is 2.10. The van der Waals surface area contributed by atoms with E-state index in [4.69, 9.17) is 10.5 Å². The van der Waals surface area contributed by atoms with Gasteiger partial charge in [-0.1, -0.05) is 13.3 Å². The van der Waals surface area contributed by atoms with Crippen molar-refractivity contribution >= 4 is 5.69 Å². The van der Waals surface area contributed by atoms with Crippen molar-refractivity contribution in [2.24, 2.45) is 0 Å². The van der Waals surface area contributed by atoms with Crippen LogP contribution in [0.15, 0.2) is 18.2 Å². The molecular weight excluding hydrogens is 174 g/mol. The Morgan fingerprint density at radius 1 is 1.43 bits per heavy atom. The van der Waals surface area contributed by atoms with E-state index in [0.29, 0.717) is 0 Å². The summed E-state index contributed by atoms with van der Waals surface area (Å²) in [6.45, 7) is 6.28. The lowest BCUT2D eigenvalue weighted by molar-refractivity contribution is 0.208. The van der Waals surface area contributed by atoms with Crippen LogP contribution in [0, 0.1) is 6.92 Å². The molecule has 14 heavy (non-hydrogen) atoms. The molecule has 0 bridgehead atoms. The summed E-state index contributed by atoms with van der Waals surface area (Å²) >= 11 is 0. The van der Waals surface area contributed by atoms with Crippen LogP contribution in [0.5, 0.6) is 5.75 Å². The van der Waals surface area contributed by atoms with Crippen LogP contribution in [0.25, 0.3) is 0 Å². The minimum absolute atomic E-state index is 0.280. The highest BCUT2D eigenvalue weighted by atomic mass is 16.5. The molecule has 1 aromatic rings. The molecule has 0 aromatic heterocycles. The second-order valence-electron chi connectivity index (χ2n) is 3.74. The van der Waals surface area contributed by atoms with Gasteiger partial charge in [-0.25, -0.2) is 0 Å². The molecule has 1 aromatic carbocycles. The van der Waals surface area contributed by atoms with Gasteiger partial charge >= 0.3 is 0 Å². The van der Waals surface area contributed by atoms with Gasteiger partial charge in [-0.2, -0.15) is 0 Å². The van der Waals surface area contributed by atoms with Gasteiger partial charge in [0, 0.05) is 5.69 Å². The van der Waals surface area contributed by atoms with Crippen molar-refractivity contribution in [1.82, 2.24) is 0 Å². The molecule has 0 aliphatic heterocycles. The molecule has 1 rings (SSSR count). The number of benzene rings is 1. The number of hydrogen-bond donors (Lipinski definition) is 1. The van der Waals surface area contributed by atoms with Crippen molar-refractivity contribution in [1.29, 1.82) is 0 Å². The Kier molecular flexibility index (Phi) is 3.81. The van der Waals surface area contributed by atoms with E-state index in [1.54, 1.807) is 0 Å². The van der Waals surface area contributed by atoms with Gasteiger partial charge in [0.25, 0.3) is 0 Å². The SMILES string of the molecule is CCCC(C)Oc1ccc(N)cc1C. The molecule has 0 aliphatic rings. The fourth-order valence-corrected chi connectivity index (χ4v) is 1.49. The molecule has 1 unspecified atom stereocenters. The molecule has 0 radical (unpaired) electrons. The maximum Gasteiger partial charge on any atom is 0.122 e. The molecule has 0 heterocycles. The third kappa shape index (κ3) is 2.95. The zero-order chi connectivity index (χ0) is 10.6. The van der Waals surface area contributed by atoms with Crippen molar-refractivity contribution < 1.29 is 4.74 Å². The molecule has 2 heteroatoms. The smallest absolute Gasteiger partial charge is 0.122 e. The number of hydrogen-bond acceptors (Lipinski definition) is 2. The number of aryl methyl sites for hydroxylation is 1. The summed E-state index contributed by atoms with van der Waals surface area (Å²) in [4.78, 5) is 0. The zero-order valence-corrected chi connectivity index (χ0v) is 9.21. The van der Waals surface area contributed by atoms with E-state index >= 15 is 0 Å². The monoisotopic (exact) mass is 193 g/mol. The van der Waals surface area contributed by atoms with Crippen LogP contribution in [0.2, 0.25) is 0 Å². The Morgan fingerprint density at radius 3 is 2.71 bits per heavy atom. The lowest BCUT2D eigenvalue weighted by Crippen LogP contribution is -2.11. The van der Waals surface area contributed by atoms with Gasteiger partial charge in [0.05, 0.1) is 6.10 Å². The first-order valence-corrected chi connectivity index (χ1v) is 5.16. The first kappa shape index (κ1) is 10.9. The second-order valence-corrected chi connectivity index (χ2v) is 3.74. The topological polar surface area (TPSA) is 35.2 Å². The van der Waals surface area contributed by atoms with Crippen molar-refractivity contribution in [3.05, 3.63) is 23.8 Å². The first-order valence-electron chi connectivity index (χ1n) is 5.16. The van der Waals surface area contributed by atoms with E-state index in [1.165, 1.54) is 0 Å². The second kappa shape index (κ2) is 4.89. The molecule has 0 aliphatic carbocycles. The summed E-state index contributed by atoms with van der Waals surface area (Å²) < 4.78 is 5.78. The van der Waals surface area contributed by atoms with E-state index in [1.807, 2.05) is 25.1 Å². The van der Waals surface area contributed by atoms with Gasteiger partial charge in [0.2, 0.25) is 0 Å². The minimum Gasteiger partial charge on any atom is -0.490 e. The maximum absolute atomic E-state index is 5.78. The van der Waals surface area contributed by atoms with Crippen molar-refractivity contribution in [2.75, 3.05) is 5.73 Å². The van der Waals surface area contributed by atoms with Crippen molar-refractivity contribution in [3.8, 4) is 5.75 Å². The highest BCUT2D eigenvalue weighted by Crippen LogP contribution is 2.22. The van der Waals surface area contributed by atoms with E-state index in [-0.39, 0.29) is 6.10 Å². The van der Waals surface area contributed by atoms with Crippen LogP contribution in [0.4, 0.5) is 5.69 Å². The van der Waals surface area contributed by atoms with Gasteiger partial charge in [-0.3, -0.25) is 0 Å². The van der Waals surface area contributed by atoms with Crippen LogP contribution < -0.4 is 10.5 Å². The molecule has 1 atom stereocenters. The molecule has 2 nitrogen and oxygen atoms in total. The summed E-state index contributed by atoms with van der Waals surface area (Å²) in [7, 11) is 0. The normalized spacial score (nSPS) is 12.5. The lowest BCUT2D eigenvalue weighted by Gasteiger charge is -2.15. The standard InChI is InChI=1S/C12H19NO/c1-4-5-10(3)14-12-7-6-11(13)8-9(12)2/h6-8,10H,4-5,13H2,1-3H3. The molecule has 0 saturated heterocycles. The van der Waals surface area contributed by atoms with E-state index in [0.717, 1.165) is 29.8 Å². The van der Waals surface area contributed by atoms with Gasteiger partial charge in [0.1, 0.15) is 5.75 Å². The summed E-state index contributed by atoms with van der Waals surface area (Å²) in [6, 6.07) is 5.76. The number of anilines is 1. The average molecular weight is 193 g/mol. The summed E-state index contributed by atoms with van der Waals surface area (Å²) in [5.74, 6) is 0.945. The summed E-state index contributed by atoms with van der Waals surface area (Å²) in [5, 5.41) is 0. The Bertz CT molecular complexity index is 296. The predicted molar refractivity (Wildman–Crippen MR) is 60.6 cm³/mol. The van der Waals surface area contributed by atoms with Crippen LogP contribution in [-0.4, -0.2) is 6.10 Å². The molecule has 0 fully saturated rings. The Hall–Kier alpha value is -1.18. The van der Waals surface area contributed by atoms with Crippen molar-refractivity contribution in [2.45, 2.75) is 39.7 Å². The molecule has 78 valence electrons. The lowest BCUT2D eigenvalue weighted by atomic mass is 10.2. The third-order valence-corrected chi connectivity index (χ3v) is 2.22. The third-order valence-electron chi connectivity index (χ3n) is 2.22. The molecule has 0 amide bonds. The molecular formula is C12H19NO. The predicted octanol–water partition coefficient (Wildman–Crippen LogP) is 3.14. The van der Waals surface area contributed by atoms with Crippen LogP contribution in [-0.2, 0) is 0 Å². The van der Waals surface area contributed by atoms with E-state index in [2.05, 4.69) is 13.8 Å². The zero-order valence-electron chi connectivity index (χ0n) is 9.21. The Balaban J connectivity index is 2.67. The quantitative estimate of drug-likeness (QED) is 0.745. The molecule has 0 spiro atoms. The van der Waals surface area contributed by atoms with Gasteiger partial charge < -0.3 is 10.5 Å². The fourth-order valence-electron chi connectivity index (χ4n) is 1.49. The van der Waals surface area contributed by atoms with Gasteiger partial charge in [0.15, 0.2) is 0 Å². The maximum atomic E-state index is 5.78. The minimum atomic E-state index is 0.280.